The first-order valence-corrected chi connectivity index (χ1v) is 8.66. The van der Waals surface area contributed by atoms with Crippen molar-refractivity contribution in [1.29, 1.82) is 10.5 Å². The molecule has 0 aliphatic heterocycles. The van der Waals surface area contributed by atoms with Gasteiger partial charge in [-0.05, 0) is 25.7 Å². The quantitative estimate of drug-likeness (QED) is 0.244. The molecule has 27 heavy (non-hydrogen) atoms. The summed E-state index contributed by atoms with van der Waals surface area (Å²) < 4.78 is 0. The Kier molecular flexibility index (Phi) is 5.69. The van der Waals surface area contributed by atoms with Crippen LogP contribution in [-0.2, 0) is 9.59 Å². The number of nitrogens with zero attached hydrogens (tertiary/aromatic N) is 6. The monoisotopic (exact) mass is 372 g/mol. The molecule has 0 unspecified atom stereocenters. The van der Waals surface area contributed by atoms with Gasteiger partial charge in [0, 0.05) is 24.9 Å². The number of rotatable bonds is 4. The topological polar surface area (TPSA) is 137 Å². The third kappa shape index (κ3) is 4.94. The predicted octanol–water partition coefficient (Wildman–Crippen LogP) is 0.662. The lowest BCUT2D eigenvalue weighted by Crippen LogP contribution is -2.50. The summed E-state index contributed by atoms with van der Waals surface area (Å²) in [5, 5.41) is 20.5. The first-order chi connectivity index (χ1) is 12.6. The number of nitrogens with one attached hydrogen (secondary N) is 2. The van der Waals surface area contributed by atoms with E-state index in [-0.39, 0.29) is 10.8 Å². The van der Waals surface area contributed by atoms with Crippen LogP contribution in [0.5, 0.6) is 0 Å². The van der Waals surface area contributed by atoms with Gasteiger partial charge in [-0.25, -0.2) is 0 Å². The van der Waals surface area contributed by atoms with Crippen molar-refractivity contribution in [2.45, 2.75) is 46.0 Å². The Bertz CT molecular complexity index is 701. The molecule has 2 amide bonds. The first kappa shape index (κ1) is 20.2. The van der Waals surface area contributed by atoms with Gasteiger partial charge in [-0.1, -0.05) is 13.8 Å². The van der Waals surface area contributed by atoms with Crippen LogP contribution in [-0.4, -0.2) is 47.6 Å². The maximum Gasteiger partial charge on any atom is 0.248 e. The van der Waals surface area contributed by atoms with E-state index in [0.717, 1.165) is 25.7 Å². The van der Waals surface area contributed by atoms with Gasteiger partial charge < -0.3 is 0 Å². The van der Waals surface area contributed by atoms with E-state index in [4.69, 9.17) is 10.5 Å². The van der Waals surface area contributed by atoms with Gasteiger partial charge in [-0.15, -0.1) is 0 Å². The van der Waals surface area contributed by atoms with Gasteiger partial charge in [-0.2, -0.15) is 20.5 Å². The molecule has 0 radical (unpaired) electrons. The standard InChI is InChI=1S/C17H24N8O2/c1-16(5-6-16)14(20-10-18)24(3)22-12(26)9-13(27)23-25(4)15(21-11-19)17(2)7-8-17/h5-9H2,1-4H3,(H,22,26)(H,23,27)/b20-14+,21-15+. The van der Waals surface area contributed by atoms with Gasteiger partial charge in [0.15, 0.2) is 0 Å². The molecule has 10 nitrogen and oxygen atoms in total. The van der Waals surface area contributed by atoms with E-state index in [1.54, 1.807) is 26.5 Å². The van der Waals surface area contributed by atoms with Gasteiger partial charge in [0.1, 0.15) is 18.1 Å². The third-order valence-electron chi connectivity index (χ3n) is 4.93. The van der Waals surface area contributed by atoms with Gasteiger partial charge in [0.2, 0.25) is 24.2 Å². The summed E-state index contributed by atoms with van der Waals surface area (Å²) in [5.41, 5.74) is 4.69. The van der Waals surface area contributed by atoms with E-state index in [2.05, 4.69) is 20.8 Å². The molecule has 0 spiro atoms. The van der Waals surface area contributed by atoms with Crippen LogP contribution in [0, 0.1) is 33.7 Å². The highest BCUT2D eigenvalue weighted by Crippen LogP contribution is 2.47. The summed E-state index contributed by atoms with van der Waals surface area (Å²) in [7, 11) is 3.18. The van der Waals surface area contributed by atoms with Crippen molar-refractivity contribution in [1.82, 2.24) is 20.9 Å². The Morgan fingerprint density at radius 2 is 1.22 bits per heavy atom. The average molecular weight is 372 g/mol. The Balaban J connectivity index is 1.89. The number of hydrogen-bond donors (Lipinski definition) is 2. The highest BCUT2D eigenvalue weighted by atomic mass is 16.2. The Morgan fingerprint density at radius 1 is 0.889 bits per heavy atom. The smallest absolute Gasteiger partial charge is 0.248 e. The van der Waals surface area contributed by atoms with E-state index in [9.17, 15) is 9.59 Å². The summed E-state index contributed by atoms with van der Waals surface area (Å²) in [5.74, 6) is -0.119. The molecular weight excluding hydrogens is 348 g/mol. The van der Waals surface area contributed by atoms with E-state index in [1.807, 2.05) is 13.8 Å². The third-order valence-corrected chi connectivity index (χ3v) is 4.93. The molecule has 0 heterocycles. The summed E-state index contributed by atoms with van der Waals surface area (Å²) in [6.07, 6.45) is 6.63. The molecular formula is C17H24N8O2. The molecule has 0 bridgehead atoms. The van der Waals surface area contributed by atoms with Crippen LogP contribution < -0.4 is 10.9 Å². The van der Waals surface area contributed by atoms with E-state index >= 15 is 0 Å². The zero-order valence-electron chi connectivity index (χ0n) is 16.0. The normalized spacial score (nSPS) is 19.2. The van der Waals surface area contributed by atoms with Crippen LogP contribution in [0.2, 0.25) is 0 Å². The minimum Gasteiger partial charge on any atom is -0.274 e. The van der Waals surface area contributed by atoms with Crippen LogP contribution in [0.3, 0.4) is 0 Å². The number of amides is 2. The largest absolute Gasteiger partial charge is 0.274 e. The maximum absolute atomic E-state index is 12.2. The van der Waals surface area contributed by atoms with Crippen molar-refractivity contribution < 1.29 is 9.59 Å². The van der Waals surface area contributed by atoms with Crippen LogP contribution in [0.1, 0.15) is 46.0 Å². The lowest BCUT2D eigenvalue weighted by molar-refractivity contribution is -0.132. The molecule has 2 N–H and O–H groups in total. The molecule has 2 aliphatic rings. The molecule has 10 heteroatoms. The minimum absolute atomic E-state index is 0.220. The molecule has 2 fully saturated rings. The molecule has 2 rings (SSSR count). The fourth-order valence-electron chi connectivity index (χ4n) is 2.85. The molecule has 0 aromatic carbocycles. The van der Waals surface area contributed by atoms with Crippen molar-refractivity contribution in [3.8, 4) is 12.4 Å². The lowest BCUT2D eigenvalue weighted by Gasteiger charge is -2.26. The number of hydrazine groups is 2. The fourth-order valence-corrected chi connectivity index (χ4v) is 2.85. The van der Waals surface area contributed by atoms with Crippen LogP contribution in [0.25, 0.3) is 0 Å². The van der Waals surface area contributed by atoms with Gasteiger partial charge in [0.05, 0.1) is 0 Å². The Hall–Kier alpha value is -3.14. The van der Waals surface area contributed by atoms with Crippen LogP contribution in [0.4, 0.5) is 0 Å². The highest BCUT2D eigenvalue weighted by Gasteiger charge is 2.46. The van der Waals surface area contributed by atoms with Gasteiger partial charge in [0.25, 0.3) is 0 Å². The second-order valence-corrected chi connectivity index (χ2v) is 7.56. The number of carbonyl (C=O) groups excluding carboxylic acids is 2. The summed E-state index contributed by atoms with van der Waals surface area (Å²) in [6, 6.07) is 0. The van der Waals surface area contributed by atoms with Crippen molar-refractivity contribution in [2.24, 2.45) is 20.8 Å². The highest BCUT2D eigenvalue weighted by molar-refractivity contribution is 6.00. The Labute approximate surface area is 158 Å². The first-order valence-electron chi connectivity index (χ1n) is 8.66. The zero-order valence-corrected chi connectivity index (χ0v) is 16.0. The van der Waals surface area contributed by atoms with E-state index in [1.165, 1.54) is 10.0 Å². The molecule has 0 aromatic heterocycles. The average Bonchev–Trinajstić information content (AvgIpc) is 3.49. The molecule has 144 valence electrons. The molecule has 2 aliphatic carbocycles. The summed E-state index contributed by atoms with van der Waals surface area (Å²) >= 11 is 0. The Morgan fingerprint density at radius 3 is 1.48 bits per heavy atom. The van der Waals surface area contributed by atoms with Crippen molar-refractivity contribution in [2.75, 3.05) is 14.1 Å². The van der Waals surface area contributed by atoms with Crippen molar-refractivity contribution in [3.63, 3.8) is 0 Å². The SMILES string of the molecule is CN(NC(=O)CC(=O)NN(C)/C(=N/C#N)C1(C)CC1)/C(=N/C#N)C1(C)CC1. The maximum atomic E-state index is 12.2. The van der Waals surface area contributed by atoms with Crippen molar-refractivity contribution in [3.05, 3.63) is 0 Å². The van der Waals surface area contributed by atoms with E-state index < -0.39 is 18.2 Å². The van der Waals surface area contributed by atoms with Gasteiger partial charge in [-0.3, -0.25) is 30.5 Å². The molecule has 0 aromatic rings. The number of carbonyl (C=O) groups is 2. The van der Waals surface area contributed by atoms with Crippen LogP contribution in [0.15, 0.2) is 9.98 Å². The van der Waals surface area contributed by atoms with Crippen molar-refractivity contribution >= 4 is 23.5 Å². The van der Waals surface area contributed by atoms with Crippen LogP contribution >= 0.6 is 0 Å². The molecule has 0 atom stereocenters. The molecule has 2 saturated carbocycles. The van der Waals surface area contributed by atoms with E-state index in [0.29, 0.717) is 11.7 Å². The van der Waals surface area contributed by atoms with Gasteiger partial charge >= 0.3 is 0 Å². The number of hydrogen-bond acceptors (Lipinski definition) is 6. The summed E-state index contributed by atoms with van der Waals surface area (Å²) in [6.45, 7) is 3.92. The predicted molar refractivity (Wildman–Crippen MR) is 97.2 cm³/mol. The minimum atomic E-state index is -0.533. The lowest BCUT2D eigenvalue weighted by atomic mass is 10.1. The zero-order chi connectivity index (χ0) is 20.2. The number of aliphatic imine (C=N–C) groups is 2. The number of amidine groups is 2. The fraction of sp³-hybridized carbons (Fsp3) is 0.647. The number of nitriles is 2. The second-order valence-electron chi connectivity index (χ2n) is 7.56. The summed E-state index contributed by atoms with van der Waals surface area (Å²) in [4.78, 5) is 31.9. The second kappa shape index (κ2) is 7.62. The molecule has 0 saturated heterocycles.